The summed E-state index contributed by atoms with van der Waals surface area (Å²) in [5, 5.41) is 2.78. The van der Waals surface area contributed by atoms with E-state index in [9.17, 15) is 13.2 Å². The molecule has 0 unspecified atom stereocenters. The topological polar surface area (TPSA) is 93.5 Å². The zero-order chi connectivity index (χ0) is 20.0. The van der Waals surface area contributed by atoms with Gasteiger partial charge >= 0.3 is 0 Å². The number of amides is 1. The minimum absolute atomic E-state index is 0.0658. The van der Waals surface area contributed by atoms with Crippen molar-refractivity contribution in [1.29, 1.82) is 0 Å². The molecular weight excluding hydrogens is 368 g/mol. The van der Waals surface area contributed by atoms with Gasteiger partial charge in [0.1, 0.15) is 5.82 Å². The fraction of sp³-hybridized carbons (Fsp3) is 0.556. The summed E-state index contributed by atoms with van der Waals surface area (Å²) in [7, 11) is -0.0760. The van der Waals surface area contributed by atoms with E-state index >= 15 is 0 Å². The van der Waals surface area contributed by atoms with Crippen molar-refractivity contribution in [2.75, 3.05) is 33.4 Å². The molecule has 0 saturated heterocycles. The van der Waals surface area contributed by atoms with Crippen LogP contribution in [-0.4, -0.2) is 61.5 Å². The Labute approximate surface area is 160 Å². The van der Waals surface area contributed by atoms with Crippen LogP contribution in [0.25, 0.3) is 11.0 Å². The number of hydrogen-bond acceptors (Lipinski definition) is 5. The van der Waals surface area contributed by atoms with Crippen LogP contribution >= 0.6 is 0 Å². The minimum atomic E-state index is -3.53. The molecule has 1 amide bonds. The number of benzene rings is 1. The van der Waals surface area contributed by atoms with Gasteiger partial charge in [-0.15, -0.1) is 0 Å². The van der Waals surface area contributed by atoms with Crippen molar-refractivity contribution in [1.82, 2.24) is 19.2 Å². The molecule has 27 heavy (non-hydrogen) atoms. The van der Waals surface area contributed by atoms with E-state index in [1.807, 2.05) is 25.5 Å². The van der Waals surface area contributed by atoms with E-state index in [2.05, 4.69) is 10.3 Å². The van der Waals surface area contributed by atoms with Gasteiger partial charge in [-0.25, -0.2) is 13.4 Å². The summed E-state index contributed by atoms with van der Waals surface area (Å²) < 4.78 is 33.6. The first-order valence-electron chi connectivity index (χ1n) is 9.06. The molecule has 9 heteroatoms. The lowest BCUT2D eigenvalue weighted by Crippen LogP contribution is -2.30. The molecule has 0 saturated carbocycles. The van der Waals surface area contributed by atoms with Crippen molar-refractivity contribution < 1.29 is 17.9 Å². The van der Waals surface area contributed by atoms with E-state index < -0.39 is 10.0 Å². The second-order valence-electron chi connectivity index (χ2n) is 6.17. The Bertz CT molecular complexity index is 888. The number of rotatable bonds is 10. The lowest BCUT2D eigenvalue weighted by atomic mass is 10.3. The number of imidazole rings is 1. The third-order valence-corrected chi connectivity index (χ3v) is 6.54. The van der Waals surface area contributed by atoms with Crippen molar-refractivity contribution >= 4 is 27.0 Å². The molecule has 0 aliphatic carbocycles. The van der Waals surface area contributed by atoms with Crippen LogP contribution in [0.3, 0.4) is 0 Å². The van der Waals surface area contributed by atoms with E-state index in [0.29, 0.717) is 44.6 Å². The Kier molecular flexibility index (Phi) is 7.34. The minimum Gasteiger partial charge on any atom is -0.383 e. The second kappa shape index (κ2) is 9.29. The monoisotopic (exact) mass is 396 g/mol. The molecule has 8 nitrogen and oxygen atoms in total. The SMILES string of the molecule is CCN(CC)S(=O)(=O)c1ccc2c(c1)nc(CCC(=O)NCCOC)n2C. The van der Waals surface area contributed by atoms with E-state index in [-0.39, 0.29) is 10.8 Å². The maximum Gasteiger partial charge on any atom is 0.243 e. The number of nitrogens with zero attached hydrogens (tertiary/aromatic N) is 3. The smallest absolute Gasteiger partial charge is 0.243 e. The standard InChI is InChI=1S/C18H28N4O4S/c1-5-22(6-2)27(24,25)14-7-8-16-15(13-14)20-17(21(16)3)9-10-18(23)19-11-12-26-4/h7-8,13H,5-6,9-12H2,1-4H3,(H,19,23). The lowest BCUT2D eigenvalue weighted by molar-refractivity contribution is -0.121. The van der Waals surface area contributed by atoms with Gasteiger partial charge in [-0.05, 0) is 18.2 Å². The number of nitrogens with one attached hydrogen (secondary N) is 1. The van der Waals surface area contributed by atoms with Crippen LogP contribution < -0.4 is 5.32 Å². The Morgan fingerprint density at radius 3 is 2.63 bits per heavy atom. The van der Waals surface area contributed by atoms with Gasteiger partial charge in [-0.3, -0.25) is 4.79 Å². The number of carbonyl (C=O) groups excluding carboxylic acids is 1. The van der Waals surface area contributed by atoms with Crippen LogP contribution in [0.2, 0.25) is 0 Å². The van der Waals surface area contributed by atoms with Crippen molar-refractivity contribution in [3.63, 3.8) is 0 Å². The van der Waals surface area contributed by atoms with Crippen LogP contribution in [0.15, 0.2) is 23.1 Å². The van der Waals surface area contributed by atoms with Crippen LogP contribution in [-0.2, 0) is 33.0 Å². The molecular formula is C18H28N4O4S. The first kappa shape index (κ1) is 21.3. The van der Waals surface area contributed by atoms with Crippen LogP contribution in [0.5, 0.6) is 0 Å². The van der Waals surface area contributed by atoms with Crippen molar-refractivity contribution in [3.8, 4) is 0 Å². The quantitative estimate of drug-likeness (QED) is 0.611. The second-order valence-corrected chi connectivity index (χ2v) is 8.11. The van der Waals surface area contributed by atoms with Crippen molar-refractivity contribution in [2.24, 2.45) is 7.05 Å². The highest BCUT2D eigenvalue weighted by atomic mass is 32.2. The molecule has 1 N–H and O–H groups in total. The van der Waals surface area contributed by atoms with E-state index in [4.69, 9.17) is 4.74 Å². The van der Waals surface area contributed by atoms with Crippen molar-refractivity contribution in [2.45, 2.75) is 31.6 Å². The van der Waals surface area contributed by atoms with Gasteiger partial charge in [0.25, 0.3) is 0 Å². The summed E-state index contributed by atoms with van der Waals surface area (Å²) in [6, 6.07) is 4.98. The van der Waals surface area contributed by atoms with E-state index in [1.165, 1.54) is 4.31 Å². The molecule has 0 aliphatic rings. The normalized spacial score (nSPS) is 12.0. The van der Waals surface area contributed by atoms with Crippen LogP contribution in [0.4, 0.5) is 0 Å². The molecule has 0 radical (unpaired) electrons. The molecule has 150 valence electrons. The predicted molar refractivity (Wildman–Crippen MR) is 104 cm³/mol. The fourth-order valence-electron chi connectivity index (χ4n) is 2.93. The highest BCUT2D eigenvalue weighted by molar-refractivity contribution is 7.89. The maximum atomic E-state index is 12.7. The van der Waals surface area contributed by atoms with Gasteiger partial charge in [0.05, 0.1) is 22.5 Å². The molecule has 1 aromatic heterocycles. The lowest BCUT2D eigenvalue weighted by Gasteiger charge is -2.18. The van der Waals surface area contributed by atoms with Crippen molar-refractivity contribution in [3.05, 3.63) is 24.0 Å². The molecule has 0 spiro atoms. The summed E-state index contributed by atoms with van der Waals surface area (Å²) in [4.78, 5) is 16.6. The summed E-state index contributed by atoms with van der Waals surface area (Å²) in [5.74, 6) is 0.674. The molecule has 2 rings (SSSR count). The average Bonchev–Trinajstić information content (AvgIpc) is 2.96. The zero-order valence-corrected chi connectivity index (χ0v) is 17.2. The molecule has 0 bridgehead atoms. The molecule has 0 atom stereocenters. The Morgan fingerprint density at radius 2 is 2.00 bits per heavy atom. The number of carbonyl (C=O) groups is 1. The van der Waals surface area contributed by atoms with Gasteiger partial charge in [-0.2, -0.15) is 4.31 Å². The summed E-state index contributed by atoms with van der Waals surface area (Å²) in [5.41, 5.74) is 1.45. The number of methoxy groups -OCH3 is 1. The number of aromatic nitrogens is 2. The van der Waals surface area contributed by atoms with Crippen LogP contribution in [0, 0.1) is 0 Å². The summed E-state index contributed by atoms with van der Waals surface area (Å²) in [6.45, 7) is 5.42. The number of sulfonamides is 1. The largest absolute Gasteiger partial charge is 0.383 e. The molecule has 1 aromatic carbocycles. The zero-order valence-electron chi connectivity index (χ0n) is 16.4. The molecule has 0 aliphatic heterocycles. The van der Waals surface area contributed by atoms with Gasteiger partial charge in [0.15, 0.2) is 0 Å². The van der Waals surface area contributed by atoms with Gasteiger partial charge in [0, 0.05) is 46.6 Å². The van der Waals surface area contributed by atoms with Gasteiger partial charge in [-0.1, -0.05) is 13.8 Å². The van der Waals surface area contributed by atoms with Gasteiger partial charge < -0.3 is 14.6 Å². The number of fused-ring (bicyclic) bond motifs is 1. The molecule has 2 aromatic rings. The average molecular weight is 397 g/mol. The Hall–Kier alpha value is -1.97. The number of ether oxygens (including phenoxy) is 1. The first-order chi connectivity index (χ1) is 12.8. The Balaban J connectivity index is 2.20. The molecule has 1 heterocycles. The first-order valence-corrected chi connectivity index (χ1v) is 10.5. The van der Waals surface area contributed by atoms with E-state index in [1.54, 1.807) is 25.3 Å². The highest BCUT2D eigenvalue weighted by Crippen LogP contribution is 2.22. The maximum absolute atomic E-state index is 12.7. The van der Waals surface area contributed by atoms with E-state index in [0.717, 1.165) is 11.3 Å². The third kappa shape index (κ3) is 4.85. The highest BCUT2D eigenvalue weighted by Gasteiger charge is 2.22. The summed E-state index contributed by atoms with van der Waals surface area (Å²) in [6.07, 6.45) is 0.785. The predicted octanol–water partition coefficient (Wildman–Crippen LogP) is 1.30. The third-order valence-electron chi connectivity index (χ3n) is 4.49. The fourth-order valence-corrected chi connectivity index (χ4v) is 4.41. The summed E-state index contributed by atoms with van der Waals surface area (Å²) >= 11 is 0. The van der Waals surface area contributed by atoms with Gasteiger partial charge in [0.2, 0.25) is 15.9 Å². The Morgan fingerprint density at radius 1 is 1.30 bits per heavy atom. The number of hydrogen-bond donors (Lipinski definition) is 1. The molecule has 0 fully saturated rings. The van der Waals surface area contributed by atoms with Crippen LogP contribution in [0.1, 0.15) is 26.1 Å². The number of aryl methyl sites for hydroxylation is 2.